The number of H-pyrrole nitrogens is 1. The summed E-state index contributed by atoms with van der Waals surface area (Å²) in [6.07, 6.45) is 3.92. The Kier molecular flexibility index (Phi) is 6.55. The quantitative estimate of drug-likeness (QED) is 0.592. The monoisotopic (exact) mass is 451 g/mol. The first kappa shape index (κ1) is 22.0. The third kappa shape index (κ3) is 4.83. The third-order valence-corrected chi connectivity index (χ3v) is 7.03. The van der Waals surface area contributed by atoms with Crippen molar-refractivity contribution in [1.82, 2.24) is 14.3 Å². The molecule has 1 N–H and O–H groups in total. The van der Waals surface area contributed by atoms with Gasteiger partial charge < -0.3 is 9.88 Å². The number of imidazole rings is 1. The van der Waals surface area contributed by atoms with Gasteiger partial charge in [0.2, 0.25) is 0 Å². The van der Waals surface area contributed by atoms with Crippen molar-refractivity contribution in [2.24, 2.45) is 0 Å². The summed E-state index contributed by atoms with van der Waals surface area (Å²) in [4.78, 5) is 9.37. The molecule has 166 valence electrons. The molecule has 8 nitrogen and oxygen atoms in total. The SMILES string of the molecule is CCOS(=O)(=O)N1Cc2cc(C#N)ccc2N(Cc2cnc[nH]2)C[C@H]1Cc1ccccc1. The fraction of sp³-hybridized carbons (Fsp3) is 0.304. The topological polar surface area (TPSA) is 102 Å². The number of aromatic nitrogens is 2. The highest BCUT2D eigenvalue weighted by atomic mass is 32.2. The Balaban J connectivity index is 1.79. The second kappa shape index (κ2) is 9.53. The zero-order valence-corrected chi connectivity index (χ0v) is 18.6. The van der Waals surface area contributed by atoms with Crippen LogP contribution in [0, 0.1) is 11.3 Å². The number of hydrogen-bond donors (Lipinski definition) is 1. The summed E-state index contributed by atoms with van der Waals surface area (Å²) in [5.74, 6) is 0. The highest BCUT2D eigenvalue weighted by Crippen LogP contribution is 2.32. The van der Waals surface area contributed by atoms with Crippen molar-refractivity contribution in [2.45, 2.75) is 32.5 Å². The molecule has 2 heterocycles. The van der Waals surface area contributed by atoms with Crippen molar-refractivity contribution in [3.63, 3.8) is 0 Å². The number of benzene rings is 2. The molecule has 1 aromatic heterocycles. The minimum absolute atomic E-state index is 0.0554. The van der Waals surface area contributed by atoms with Gasteiger partial charge in [0.25, 0.3) is 0 Å². The maximum absolute atomic E-state index is 13.1. The van der Waals surface area contributed by atoms with Crippen LogP contribution >= 0.6 is 0 Å². The summed E-state index contributed by atoms with van der Waals surface area (Å²) in [7, 11) is -3.97. The number of nitriles is 1. The summed E-state index contributed by atoms with van der Waals surface area (Å²) >= 11 is 0. The summed E-state index contributed by atoms with van der Waals surface area (Å²) in [5.41, 5.74) is 4.10. The molecule has 32 heavy (non-hydrogen) atoms. The average molecular weight is 452 g/mol. The van der Waals surface area contributed by atoms with Gasteiger partial charge in [-0.25, -0.2) is 4.98 Å². The number of fused-ring (bicyclic) bond motifs is 1. The Hall–Kier alpha value is -3.19. The smallest absolute Gasteiger partial charge is 0.339 e. The van der Waals surface area contributed by atoms with Gasteiger partial charge >= 0.3 is 10.3 Å². The number of nitrogens with one attached hydrogen (secondary N) is 1. The van der Waals surface area contributed by atoms with E-state index >= 15 is 0 Å². The zero-order valence-electron chi connectivity index (χ0n) is 17.8. The van der Waals surface area contributed by atoms with E-state index in [2.05, 4.69) is 20.9 Å². The fourth-order valence-electron chi connectivity index (χ4n) is 4.09. The maximum atomic E-state index is 13.1. The summed E-state index contributed by atoms with van der Waals surface area (Å²) in [6.45, 7) is 2.84. The van der Waals surface area contributed by atoms with Crippen LogP contribution < -0.4 is 4.90 Å². The lowest BCUT2D eigenvalue weighted by molar-refractivity contribution is 0.241. The van der Waals surface area contributed by atoms with Crippen molar-refractivity contribution >= 4 is 16.0 Å². The minimum Gasteiger partial charge on any atom is -0.364 e. The van der Waals surface area contributed by atoms with Crippen LogP contribution in [0.15, 0.2) is 61.1 Å². The molecule has 0 unspecified atom stereocenters. The number of rotatable bonds is 7. The van der Waals surface area contributed by atoms with Gasteiger partial charge in [0, 0.05) is 31.0 Å². The van der Waals surface area contributed by atoms with Gasteiger partial charge in [-0.3, -0.25) is 4.18 Å². The third-order valence-electron chi connectivity index (χ3n) is 5.50. The van der Waals surface area contributed by atoms with Gasteiger partial charge in [0.1, 0.15) is 0 Å². The van der Waals surface area contributed by atoms with Gasteiger partial charge in [-0.1, -0.05) is 30.3 Å². The number of aromatic amines is 1. The molecule has 1 aliphatic rings. The molecule has 0 saturated heterocycles. The van der Waals surface area contributed by atoms with Crippen molar-refractivity contribution in [1.29, 1.82) is 5.26 Å². The first-order valence-corrected chi connectivity index (χ1v) is 11.8. The molecule has 1 aliphatic heterocycles. The molecular weight excluding hydrogens is 426 g/mol. The molecule has 1 atom stereocenters. The van der Waals surface area contributed by atoms with Crippen LogP contribution in [0.5, 0.6) is 0 Å². The number of hydrogen-bond acceptors (Lipinski definition) is 6. The molecular formula is C23H25N5O3S. The van der Waals surface area contributed by atoms with E-state index < -0.39 is 10.3 Å². The lowest BCUT2D eigenvalue weighted by Gasteiger charge is -2.31. The van der Waals surface area contributed by atoms with Crippen LogP contribution in [0.2, 0.25) is 0 Å². The van der Waals surface area contributed by atoms with Crippen molar-refractivity contribution < 1.29 is 12.6 Å². The standard InChI is InChI=1S/C23H25N5O3S/c1-2-31-32(29,30)28-14-20-10-19(12-24)8-9-23(20)27(15-21-13-25-17-26-21)16-22(28)11-18-6-4-3-5-7-18/h3-10,13,17,22H,2,11,14-16H2,1H3,(H,25,26)/t22-/m1/s1. The second-order valence-corrected chi connectivity index (χ2v) is 9.23. The Labute approximate surface area is 188 Å². The van der Waals surface area contributed by atoms with Gasteiger partial charge in [-0.05, 0) is 42.7 Å². The van der Waals surface area contributed by atoms with Gasteiger partial charge in [0.15, 0.2) is 0 Å². The molecule has 0 radical (unpaired) electrons. The van der Waals surface area contributed by atoms with E-state index in [4.69, 9.17) is 4.18 Å². The van der Waals surface area contributed by atoms with Crippen LogP contribution in [0.4, 0.5) is 5.69 Å². The second-order valence-electron chi connectivity index (χ2n) is 7.67. The molecule has 3 aromatic rings. The van der Waals surface area contributed by atoms with E-state index in [-0.39, 0.29) is 19.2 Å². The maximum Gasteiger partial charge on any atom is 0.339 e. The van der Waals surface area contributed by atoms with Crippen molar-refractivity contribution in [3.05, 3.63) is 83.4 Å². The normalized spacial score (nSPS) is 16.9. The van der Waals surface area contributed by atoms with Crippen LogP contribution in [0.25, 0.3) is 0 Å². The zero-order chi connectivity index (χ0) is 22.6. The Morgan fingerprint density at radius 3 is 2.75 bits per heavy atom. The Morgan fingerprint density at radius 2 is 2.06 bits per heavy atom. The predicted octanol–water partition coefficient (Wildman–Crippen LogP) is 3.00. The van der Waals surface area contributed by atoms with Crippen LogP contribution in [0.3, 0.4) is 0 Å². The van der Waals surface area contributed by atoms with Crippen LogP contribution in [-0.2, 0) is 34.0 Å². The molecule has 0 bridgehead atoms. The highest BCUT2D eigenvalue weighted by Gasteiger charge is 2.36. The molecule has 0 aliphatic carbocycles. The highest BCUT2D eigenvalue weighted by molar-refractivity contribution is 7.84. The summed E-state index contributed by atoms with van der Waals surface area (Å²) in [5, 5.41) is 9.41. The lowest BCUT2D eigenvalue weighted by atomic mass is 10.1. The van der Waals surface area contributed by atoms with E-state index in [0.717, 1.165) is 22.5 Å². The first-order valence-electron chi connectivity index (χ1n) is 10.5. The molecule has 0 saturated carbocycles. The minimum atomic E-state index is -3.97. The van der Waals surface area contributed by atoms with E-state index in [1.165, 1.54) is 4.31 Å². The van der Waals surface area contributed by atoms with E-state index in [1.807, 2.05) is 36.4 Å². The molecule has 2 aromatic carbocycles. The Morgan fingerprint density at radius 1 is 1.25 bits per heavy atom. The van der Waals surface area contributed by atoms with Gasteiger partial charge in [-0.15, -0.1) is 0 Å². The van der Waals surface area contributed by atoms with Crippen molar-refractivity contribution in [3.8, 4) is 6.07 Å². The summed E-state index contributed by atoms with van der Waals surface area (Å²) in [6, 6.07) is 17.0. The van der Waals surface area contributed by atoms with Crippen LogP contribution in [-0.4, -0.2) is 41.9 Å². The van der Waals surface area contributed by atoms with Crippen molar-refractivity contribution in [2.75, 3.05) is 18.1 Å². The molecule has 9 heteroatoms. The number of anilines is 1. The molecule has 0 spiro atoms. The average Bonchev–Trinajstić information content (AvgIpc) is 3.24. The van der Waals surface area contributed by atoms with Gasteiger partial charge in [0.05, 0.1) is 36.8 Å². The van der Waals surface area contributed by atoms with E-state index in [1.54, 1.807) is 31.6 Å². The number of nitrogens with zero attached hydrogens (tertiary/aromatic N) is 4. The van der Waals surface area contributed by atoms with Crippen LogP contribution in [0.1, 0.15) is 29.3 Å². The molecule has 0 amide bonds. The van der Waals surface area contributed by atoms with Gasteiger partial charge in [-0.2, -0.15) is 18.0 Å². The molecule has 0 fully saturated rings. The summed E-state index contributed by atoms with van der Waals surface area (Å²) < 4.78 is 32.9. The largest absolute Gasteiger partial charge is 0.364 e. The Bertz CT molecular complexity index is 1190. The fourth-order valence-corrected chi connectivity index (χ4v) is 5.33. The molecule has 4 rings (SSSR count). The van der Waals surface area contributed by atoms with E-state index in [0.29, 0.717) is 25.1 Å². The predicted molar refractivity (Wildman–Crippen MR) is 121 cm³/mol. The lowest BCUT2D eigenvalue weighted by Crippen LogP contribution is -2.46. The first-order chi connectivity index (χ1) is 15.5. The van der Waals surface area contributed by atoms with E-state index in [9.17, 15) is 13.7 Å².